The van der Waals surface area contributed by atoms with E-state index in [0.717, 1.165) is 0 Å². The third-order valence-electron chi connectivity index (χ3n) is 4.28. The highest BCUT2D eigenvalue weighted by Gasteiger charge is 2.36. The van der Waals surface area contributed by atoms with Gasteiger partial charge in [0.25, 0.3) is 11.6 Å². The molecule has 1 N–H and O–H groups in total. The SMILES string of the molecule is O=C(COC(=O)[C@@H]1CC(=O)N(c2ccc(Cl)cc2)C1)Nc1cccc([N+](=O)[O-])c1. The number of rotatable bonds is 6. The van der Waals surface area contributed by atoms with Crippen LogP contribution in [0.15, 0.2) is 48.5 Å². The molecule has 1 aliphatic heterocycles. The number of nitrogens with one attached hydrogen (secondary N) is 1. The van der Waals surface area contributed by atoms with Crippen molar-refractivity contribution in [1.29, 1.82) is 0 Å². The molecule has 29 heavy (non-hydrogen) atoms. The Morgan fingerprint density at radius 3 is 2.66 bits per heavy atom. The zero-order valence-electron chi connectivity index (χ0n) is 15.0. The summed E-state index contributed by atoms with van der Waals surface area (Å²) in [7, 11) is 0. The van der Waals surface area contributed by atoms with Crippen LogP contribution >= 0.6 is 11.6 Å². The Hall–Kier alpha value is -3.46. The van der Waals surface area contributed by atoms with Crippen molar-refractivity contribution in [2.45, 2.75) is 6.42 Å². The molecule has 0 aromatic heterocycles. The maximum absolute atomic E-state index is 12.2. The largest absolute Gasteiger partial charge is 0.455 e. The summed E-state index contributed by atoms with van der Waals surface area (Å²) >= 11 is 5.84. The molecular weight excluding hydrogens is 402 g/mol. The van der Waals surface area contributed by atoms with Gasteiger partial charge >= 0.3 is 5.97 Å². The predicted octanol–water partition coefficient (Wildman–Crippen LogP) is 2.78. The number of hydrogen-bond donors (Lipinski definition) is 1. The van der Waals surface area contributed by atoms with Crippen molar-refractivity contribution in [3.8, 4) is 0 Å². The van der Waals surface area contributed by atoms with Gasteiger partial charge in [-0.15, -0.1) is 0 Å². The predicted molar refractivity (Wildman–Crippen MR) is 105 cm³/mol. The van der Waals surface area contributed by atoms with Crippen molar-refractivity contribution in [3.05, 3.63) is 63.7 Å². The van der Waals surface area contributed by atoms with Gasteiger partial charge in [0.1, 0.15) is 0 Å². The number of nitro groups is 1. The monoisotopic (exact) mass is 417 g/mol. The van der Waals surface area contributed by atoms with E-state index in [1.54, 1.807) is 24.3 Å². The minimum Gasteiger partial charge on any atom is -0.455 e. The van der Waals surface area contributed by atoms with E-state index in [2.05, 4.69) is 5.32 Å². The van der Waals surface area contributed by atoms with Crippen LogP contribution in [0.25, 0.3) is 0 Å². The average molecular weight is 418 g/mol. The van der Waals surface area contributed by atoms with Crippen LogP contribution in [-0.2, 0) is 19.1 Å². The number of esters is 1. The Labute approximate surface area is 170 Å². The van der Waals surface area contributed by atoms with Crippen molar-refractivity contribution in [3.63, 3.8) is 0 Å². The van der Waals surface area contributed by atoms with E-state index in [9.17, 15) is 24.5 Å². The Bertz CT molecular complexity index is 963. The van der Waals surface area contributed by atoms with E-state index in [0.29, 0.717) is 10.7 Å². The van der Waals surface area contributed by atoms with Crippen LogP contribution in [0.4, 0.5) is 17.1 Å². The molecule has 3 rings (SSSR count). The van der Waals surface area contributed by atoms with Gasteiger partial charge in [0.2, 0.25) is 5.91 Å². The van der Waals surface area contributed by atoms with E-state index in [1.807, 2.05) is 0 Å². The zero-order chi connectivity index (χ0) is 21.0. The lowest BCUT2D eigenvalue weighted by atomic mass is 10.1. The summed E-state index contributed by atoms with van der Waals surface area (Å²) in [6, 6.07) is 12.0. The fourth-order valence-electron chi connectivity index (χ4n) is 2.88. The number of carbonyl (C=O) groups excluding carboxylic acids is 3. The average Bonchev–Trinajstić information content (AvgIpc) is 3.08. The highest BCUT2D eigenvalue weighted by atomic mass is 35.5. The van der Waals surface area contributed by atoms with Crippen molar-refractivity contribution in [2.75, 3.05) is 23.4 Å². The van der Waals surface area contributed by atoms with Crippen LogP contribution in [0.2, 0.25) is 5.02 Å². The summed E-state index contributed by atoms with van der Waals surface area (Å²) in [6.45, 7) is -0.418. The lowest BCUT2D eigenvalue weighted by Gasteiger charge is -2.16. The third kappa shape index (κ3) is 5.08. The number of carbonyl (C=O) groups is 3. The maximum atomic E-state index is 12.2. The molecule has 0 radical (unpaired) electrons. The second kappa shape index (κ2) is 8.70. The molecule has 0 bridgehead atoms. The first-order valence-electron chi connectivity index (χ1n) is 8.60. The highest BCUT2D eigenvalue weighted by molar-refractivity contribution is 6.30. The number of nitrogens with zero attached hydrogens (tertiary/aromatic N) is 2. The van der Waals surface area contributed by atoms with E-state index in [-0.39, 0.29) is 30.2 Å². The number of nitro benzene ring substituents is 1. The summed E-state index contributed by atoms with van der Waals surface area (Å²) < 4.78 is 5.00. The van der Waals surface area contributed by atoms with Crippen LogP contribution in [0.1, 0.15) is 6.42 Å². The van der Waals surface area contributed by atoms with Crippen molar-refractivity contribution in [2.24, 2.45) is 5.92 Å². The highest BCUT2D eigenvalue weighted by Crippen LogP contribution is 2.27. The minimum atomic E-state index is -0.691. The number of halogens is 1. The van der Waals surface area contributed by atoms with Crippen LogP contribution in [0.3, 0.4) is 0 Å². The zero-order valence-corrected chi connectivity index (χ0v) is 15.8. The molecule has 1 fully saturated rings. The Morgan fingerprint density at radius 1 is 1.24 bits per heavy atom. The lowest BCUT2D eigenvalue weighted by Crippen LogP contribution is -2.28. The van der Waals surface area contributed by atoms with Crippen molar-refractivity contribution < 1.29 is 24.0 Å². The first-order chi connectivity index (χ1) is 13.8. The van der Waals surface area contributed by atoms with Crippen LogP contribution in [0.5, 0.6) is 0 Å². The maximum Gasteiger partial charge on any atom is 0.311 e. The number of hydrogen-bond acceptors (Lipinski definition) is 6. The second-order valence-electron chi connectivity index (χ2n) is 6.35. The molecule has 2 aromatic rings. The van der Waals surface area contributed by atoms with Gasteiger partial charge in [-0.2, -0.15) is 0 Å². The number of benzene rings is 2. The molecule has 10 heteroatoms. The van der Waals surface area contributed by atoms with E-state index < -0.39 is 29.3 Å². The van der Waals surface area contributed by atoms with E-state index in [1.165, 1.54) is 29.2 Å². The van der Waals surface area contributed by atoms with Gasteiger partial charge in [0.15, 0.2) is 6.61 Å². The summed E-state index contributed by atoms with van der Waals surface area (Å²) in [5.41, 5.74) is 0.662. The second-order valence-corrected chi connectivity index (χ2v) is 6.78. The molecule has 2 aromatic carbocycles. The Morgan fingerprint density at radius 2 is 1.97 bits per heavy atom. The fourth-order valence-corrected chi connectivity index (χ4v) is 3.01. The minimum absolute atomic E-state index is 0.0199. The quantitative estimate of drug-likeness (QED) is 0.438. The van der Waals surface area contributed by atoms with Crippen LogP contribution < -0.4 is 10.2 Å². The molecule has 1 aliphatic rings. The number of anilines is 2. The summed E-state index contributed by atoms with van der Waals surface area (Å²) in [4.78, 5) is 48.0. The molecule has 2 amide bonds. The lowest BCUT2D eigenvalue weighted by molar-refractivity contribution is -0.384. The molecular formula is C19H16ClN3O6. The Kier molecular flexibility index (Phi) is 6.08. The van der Waals surface area contributed by atoms with Gasteiger partial charge < -0.3 is 15.0 Å². The normalized spacial score (nSPS) is 15.8. The van der Waals surface area contributed by atoms with E-state index in [4.69, 9.17) is 16.3 Å². The first kappa shape index (κ1) is 20.3. The number of amides is 2. The molecule has 150 valence electrons. The van der Waals surface area contributed by atoms with Crippen LogP contribution in [0, 0.1) is 16.0 Å². The number of non-ortho nitro benzene ring substituents is 1. The van der Waals surface area contributed by atoms with Gasteiger partial charge in [0, 0.05) is 41.5 Å². The third-order valence-corrected chi connectivity index (χ3v) is 4.53. The molecule has 0 saturated carbocycles. The van der Waals surface area contributed by atoms with Crippen molar-refractivity contribution in [1.82, 2.24) is 0 Å². The Balaban J connectivity index is 1.52. The first-order valence-corrected chi connectivity index (χ1v) is 8.98. The summed E-state index contributed by atoms with van der Waals surface area (Å²) in [5.74, 6) is -2.22. The van der Waals surface area contributed by atoms with Gasteiger partial charge in [-0.25, -0.2) is 0 Å². The molecule has 0 spiro atoms. The fraction of sp³-hybridized carbons (Fsp3) is 0.211. The summed E-state index contributed by atoms with van der Waals surface area (Å²) in [5, 5.41) is 13.7. The van der Waals surface area contributed by atoms with Gasteiger partial charge in [0.05, 0.1) is 10.8 Å². The van der Waals surface area contributed by atoms with Gasteiger partial charge in [-0.3, -0.25) is 24.5 Å². The van der Waals surface area contributed by atoms with Crippen LogP contribution in [-0.4, -0.2) is 35.9 Å². The molecule has 0 unspecified atom stereocenters. The molecule has 1 saturated heterocycles. The number of ether oxygens (including phenoxy) is 1. The smallest absolute Gasteiger partial charge is 0.311 e. The molecule has 1 heterocycles. The standard InChI is InChI=1S/C19H16ClN3O6/c20-13-4-6-15(7-5-13)22-10-12(8-18(22)25)19(26)29-11-17(24)21-14-2-1-3-16(9-14)23(27)28/h1-7,9,12H,8,10-11H2,(H,21,24)/t12-/m1/s1. The molecule has 9 nitrogen and oxygen atoms in total. The van der Waals surface area contributed by atoms with E-state index >= 15 is 0 Å². The molecule has 0 aliphatic carbocycles. The van der Waals surface area contributed by atoms with Gasteiger partial charge in [-0.1, -0.05) is 17.7 Å². The van der Waals surface area contributed by atoms with Crippen molar-refractivity contribution >= 4 is 46.4 Å². The topological polar surface area (TPSA) is 119 Å². The molecule has 1 atom stereocenters. The summed E-state index contributed by atoms with van der Waals surface area (Å²) in [6.07, 6.45) is -0.0199. The van der Waals surface area contributed by atoms with Gasteiger partial charge in [-0.05, 0) is 30.3 Å².